The first-order valence-corrected chi connectivity index (χ1v) is 16.6. The van der Waals surface area contributed by atoms with Gasteiger partial charge in [0.05, 0.1) is 30.4 Å². The highest BCUT2D eigenvalue weighted by Crippen LogP contribution is 2.30. The van der Waals surface area contributed by atoms with Gasteiger partial charge in [-0.1, -0.05) is 56.5 Å². The summed E-state index contributed by atoms with van der Waals surface area (Å²) in [5.41, 5.74) is 2.24. The number of hydrogen-bond donors (Lipinski definition) is 2. The number of fused-ring (bicyclic) bond motifs is 1. The van der Waals surface area contributed by atoms with E-state index >= 15 is 0 Å². The minimum absolute atomic E-state index is 0.00610. The molecule has 1 aliphatic heterocycles. The van der Waals surface area contributed by atoms with Crippen LogP contribution in [0.25, 0.3) is 0 Å². The van der Waals surface area contributed by atoms with Crippen LogP contribution < -0.4 is 10.1 Å². The molecule has 2 aliphatic rings. The molecule has 0 unspecified atom stereocenters. The summed E-state index contributed by atoms with van der Waals surface area (Å²) in [7, 11) is 2.10. The predicted octanol–water partition coefficient (Wildman–Crippen LogP) is 6.13. The molecule has 242 valence electrons. The highest BCUT2D eigenvalue weighted by molar-refractivity contribution is 6.00. The van der Waals surface area contributed by atoms with Gasteiger partial charge in [0.15, 0.2) is 0 Å². The molecule has 1 heterocycles. The first-order chi connectivity index (χ1) is 21.2. The molecule has 1 aliphatic carbocycles. The van der Waals surface area contributed by atoms with E-state index in [1.54, 1.807) is 11.0 Å². The minimum atomic E-state index is -0.411. The number of likely N-dealkylation sites (N-methyl/N-ethyl adjacent to an activating group) is 1. The monoisotopic (exact) mass is 607 g/mol. The number of amides is 2. The van der Waals surface area contributed by atoms with Crippen LogP contribution in [0.2, 0.25) is 0 Å². The van der Waals surface area contributed by atoms with Gasteiger partial charge in [-0.3, -0.25) is 14.5 Å². The normalized spacial score (nSPS) is 23.4. The average molecular weight is 608 g/mol. The summed E-state index contributed by atoms with van der Waals surface area (Å²) in [6.07, 6.45) is 7.66. The molecular formula is C36H53N3O5. The van der Waals surface area contributed by atoms with E-state index < -0.39 is 6.04 Å². The van der Waals surface area contributed by atoms with Crippen LogP contribution >= 0.6 is 0 Å². The molecule has 8 nitrogen and oxygen atoms in total. The lowest BCUT2D eigenvalue weighted by Gasteiger charge is -2.36. The third-order valence-corrected chi connectivity index (χ3v) is 9.08. The number of ether oxygens (including phenoxy) is 2. The number of aliphatic hydroxyl groups is 1. The Bertz CT molecular complexity index is 1190. The van der Waals surface area contributed by atoms with Crippen LogP contribution in [0, 0.1) is 11.8 Å². The van der Waals surface area contributed by atoms with E-state index in [-0.39, 0.29) is 42.5 Å². The summed E-state index contributed by atoms with van der Waals surface area (Å²) >= 11 is 0. The van der Waals surface area contributed by atoms with Crippen molar-refractivity contribution in [3.05, 3.63) is 59.7 Å². The molecule has 1 fully saturated rings. The lowest BCUT2D eigenvalue weighted by molar-refractivity contribution is -0.120. The molecule has 4 rings (SSSR count). The Balaban J connectivity index is 1.59. The van der Waals surface area contributed by atoms with Gasteiger partial charge in [-0.05, 0) is 76.8 Å². The number of nitrogens with zero attached hydrogens (tertiary/aromatic N) is 2. The predicted molar refractivity (Wildman–Crippen MR) is 175 cm³/mol. The van der Waals surface area contributed by atoms with Gasteiger partial charge in [0.2, 0.25) is 5.91 Å². The number of nitrogens with one attached hydrogen (secondary N) is 1. The number of rotatable bonds is 8. The third kappa shape index (κ3) is 9.78. The van der Waals surface area contributed by atoms with Crippen molar-refractivity contribution in [3.63, 3.8) is 0 Å². The molecule has 0 spiro atoms. The maximum atomic E-state index is 14.3. The maximum absolute atomic E-state index is 14.3. The van der Waals surface area contributed by atoms with Gasteiger partial charge < -0.3 is 24.8 Å². The minimum Gasteiger partial charge on any atom is -0.490 e. The van der Waals surface area contributed by atoms with Crippen molar-refractivity contribution < 1.29 is 24.2 Å². The van der Waals surface area contributed by atoms with E-state index in [0.29, 0.717) is 30.2 Å². The van der Waals surface area contributed by atoms with E-state index in [1.165, 1.54) is 12.0 Å². The maximum Gasteiger partial charge on any atom is 0.258 e. The Labute approximate surface area is 264 Å². The molecular weight excluding hydrogens is 554 g/mol. The summed E-state index contributed by atoms with van der Waals surface area (Å²) in [5.74, 6) is 0.317. The number of carbonyl (C=O) groups is 2. The van der Waals surface area contributed by atoms with Crippen LogP contribution in [-0.4, -0.2) is 78.3 Å². The zero-order valence-corrected chi connectivity index (χ0v) is 27.2. The molecule has 0 aromatic heterocycles. The van der Waals surface area contributed by atoms with Crippen LogP contribution in [0.1, 0.15) is 88.1 Å². The molecule has 44 heavy (non-hydrogen) atoms. The third-order valence-electron chi connectivity index (χ3n) is 9.08. The molecule has 2 amide bonds. The number of hydrogen-bond acceptors (Lipinski definition) is 6. The smallest absolute Gasteiger partial charge is 0.258 e. The zero-order chi connectivity index (χ0) is 31.5. The van der Waals surface area contributed by atoms with Gasteiger partial charge in [0, 0.05) is 43.8 Å². The molecule has 4 atom stereocenters. The van der Waals surface area contributed by atoms with Crippen LogP contribution in [0.4, 0.5) is 5.69 Å². The standard InChI is InChI=1S/C36H53N3O5/c1-26-22-39(27(2)25-40)36(42)32-21-31(37-35(41)30-16-9-6-10-17-30)18-19-33(32)44-28(3)13-11-12-20-43-34(26)24-38(4)23-29-14-7-5-8-15-29/h5,7-8,14-15,18-19,21,26-28,30,34,40H,6,9-13,16-17,20,22-25H2,1-4H3,(H,37,41)/t26-,27+,28-,34+/m0/s1. The summed E-state index contributed by atoms with van der Waals surface area (Å²) in [6.45, 7) is 8.43. The first kappa shape index (κ1) is 33.9. The highest BCUT2D eigenvalue weighted by Gasteiger charge is 2.31. The van der Waals surface area contributed by atoms with Crippen molar-refractivity contribution in [2.75, 3.05) is 38.7 Å². The van der Waals surface area contributed by atoms with E-state index in [4.69, 9.17) is 9.47 Å². The number of benzene rings is 2. The summed E-state index contributed by atoms with van der Waals surface area (Å²) in [6, 6.07) is 15.4. The fourth-order valence-electron chi connectivity index (χ4n) is 6.34. The molecule has 8 heteroatoms. The van der Waals surface area contributed by atoms with Crippen molar-refractivity contribution in [1.29, 1.82) is 0 Å². The molecule has 0 bridgehead atoms. The Kier molecular flexibility index (Phi) is 13.1. The van der Waals surface area contributed by atoms with Crippen molar-refractivity contribution in [2.45, 2.75) is 96.9 Å². The van der Waals surface area contributed by atoms with E-state index in [1.807, 2.05) is 32.0 Å². The van der Waals surface area contributed by atoms with E-state index in [2.05, 4.69) is 48.5 Å². The Morgan fingerprint density at radius 1 is 1.05 bits per heavy atom. The molecule has 0 saturated heterocycles. The Hall–Kier alpha value is -2.94. The Morgan fingerprint density at radius 2 is 1.77 bits per heavy atom. The van der Waals surface area contributed by atoms with Crippen LogP contribution in [-0.2, 0) is 16.1 Å². The van der Waals surface area contributed by atoms with Gasteiger partial charge >= 0.3 is 0 Å². The number of anilines is 1. The fourth-order valence-corrected chi connectivity index (χ4v) is 6.34. The summed E-state index contributed by atoms with van der Waals surface area (Å²) in [5, 5.41) is 13.3. The topological polar surface area (TPSA) is 91.3 Å². The second-order valence-electron chi connectivity index (χ2n) is 13.0. The molecule has 1 saturated carbocycles. The van der Waals surface area contributed by atoms with Gasteiger partial charge in [-0.15, -0.1) is 0 Å². The van der Waals surface area contributed by atoms with Crippen molar-refractivity contribution in [3.8, 4) is 5.75 Å². The van der Waals surface area contributed by atoms with Crippen LogP contribution in [0.5, 0.6) is 5.75 Å². The molecule has 2 aromatic rings. The lowest BCUT2D eigenvalue weighted by Crippen LogP contribution is -2.47. The van der Waals surface area contributed by atoms with Crippen LogP contribution in [0.3, 0.4) is 0 Å². The van der Waals surface area contributed by atoms with Gasteiger partial charge in [0.25, 0.3) is 5.91 Å². The molecule has 2 aromatic carbocycles. The largest absolute Gasteiger partial charge is 0.490 e. The second-order valence-corrected chi connectivity index (χ2v) is 13.0. The number of carbonyl (C=O) groups excluding carboxylic acids is 2. The summed E-state index contributed by atoms with van der Waals surface area (Å²) in [4.78, 5) is 31.4. The second kappa shape index (κ2) is 16.9. The SMILES string of the molecule is C[C@H](CO)N1C[C@H](C)[C@@H](CN(C)Cc2ccccc2)OCCCC[C@H](C)Oc2ccc(NC(=O)C3CCCCC3)cc2C1=O. The average Bonchev–Trinajstić information content (AvgIpc) is 3.03. The first-order valence-electron chi connectivity index (χ1n) is 16.6. The van der Waals surface area contributed by atoms with Gasteiger partial charge in [0.1, 0.15) is 5.75 Å². The summed E-state index contributed by atoms with van der Waals surface area (Å²) < 4.78 is 12.8. The quantitative estimate of drug-likeness (QED) is 0.375. The van der Waals surface area contributed by atoms with E-state index in [9.17, 15) is 14.7 Å². The Morgan fingerprint density at radius 3 is 2.50 bits per heavy atom. The van der Waals surface area contributed by atoms with Crippen molar-refractivity contribution in [1.82, 2.24) is 9.80 Å². The molecule has 2 N–H and O–H groups in total. The van der Waals surface area contributed by atoms with E-state index in [0.717, 1.165) is 58.0 Å². The van der Waals surface area contributed by atoms with Gasteiger partial charge in [-0.2, -0.15) is 0 Å². The van der Waals surface area contributed by atoms with Crippen molar-refractivity contribution in [2.24, 2.45) is 11.8 Å². The fraction of sp³-hybridized carbons (Fsp3) is 0.611. The highest BCUT2D eigenvalue weighted by atomic mass is 16.5. The lowest BCUT2D eigenvalue weighted by atomic mass is 9.88. The van der Waals surface area contributed by atoms with Crippen molar-refractivity contribution >= 4 is 17.5 Å². The zero-order valence-electron chi connectivity index (χ0n) is 27.2. The van der Waals surface area contributed by atoms with Gasteiger partial charge in [-0.25, -0.2) is 0 Å². The molecule has 0 radical (unpaired) electrons. The van der Waals surface area contributed by atoms with Crippen LogP contribution in [0.15, 0.2) is 48.5 Å². The number of aliphatic hydroxyl groups excluding tert-OH is 1.